The van der Waals surface area contributed by atoms with Crippen LogP contribution in [0.25, 0.3) is 0 Å². The molecule has 0 spiro atoms. The van der Waals surface area contributed by atoms with Crippen LogP contribution < -0.4 is 5.73 Å². The minimum atomic E-state index is -0.482. The van der Waals surface area contributed by atoms with E-state index in [1.807, 2.05) is 16.7 Å². The van der Waals surface area contributed by atoms with Crippen LogP contribution in [0.4, 0.5) is 0 Å². The van der Waals surface area contributed by atoms with Crippen LogP contribution >= 0.6 is 24.0 Å². The number of thiocarbonyl (C=S) groups is 1. The summed E-state index contributed by atoms with van der Waals surface area (Å²) < 4.78 is 0. The van der Waals surface area contributed by atoms with Gasteiger partial charge in [0.2, 0.25) is 5.91 Å². The average molecular weight is 258 g/mol. The number of thioether (sulfide) groups is 1. The molecule has 0 aromatic carbocycles. The smallest absolute Gasteiger partial charge is 0.235 e. The van der Waals surface area contributed by atoms with Crippen molar-refractivity contribution in [1.82, 2.24) is 4.90 Å². The van der Waals surface area contributed by atoms with Gasteiger partial charge in [0.1, 0.15) is 0 Å². The molecule has 0 aromatic heterocycles. The molecule has 2 N–H and O–H groups in total. The minimum Gasteiger partial charge on any atom is -0.392 e. The highest BCUT2D eigenvalue weighted by molar-refractivity contribution is 7.99. The fourth-order valence-corrected chi connectivity index (χ4v) is 3.53. The lowest BCUT2D eigenvalue weighted by Gasteiger charge is -2.42. The molecule has 3 nitrogen and oxygen atoms in total. The van der Waals surface area contributed by atoms with E-state index in [9.17, 15) is 4.79 Å². The molecule has 1 aliphatic heterocycles. The molecule has 1 saturated heterocycles. The van der Waals surface area contributed by atoms with Crippen LogP contribution in [0, 0.1) is 5.41 Å². The van der Waals surface area contributed by atoms with Gasteiger partial charge in [0.05, 0.1) is 10.4 Å². The van der Waals surface area contributed by atoms with Crippen molar-refractivity contribution in [2.75, 3.05) is 24.6 Å². The zero-order valence-electron chi connectivity index (χ0n) is 9.41. The Kier molecular flexibility index (Phi) is 3.74. The van der Waals surface area contributed by atoms with E-state index in [4.69, 9.17) is 18.0 Å². The molecule has 0 radical (unpaired) electrons. The Hall–Kier alpha value is -0.290. The van der Waals surface area contributed by atoms with Gasteiger partial charge in [-0.2, -0.15) is 11.8 Å². The summed E-state index contributed by atoms with van der Waals surface area (Å²) in [7, 11) is 0. The van der Waals surface area contributed by atoms with Crippen LogP contribution in [-0.4, -0.2) is 40.4 Å². The Morgan fingerprint density at radius 1 is 1.25 bits per heavy atom. The molecule has 0 atom stereocenters. The summed E-state index contributed by atoms with van der Waals surface area (Å²) in [4.78, 5) is 14.8. The number of hydrogen-bond acceptors (Lipinski definition) is 3. The van der Waals surface area contributed by atoms with Crippen LogP contribution in [0.1, 0.15) is 25.7 Å². The zero-order valence-corrected chi connectivity index (χ0v) is 11.0. The number of amides is 1. The topological polar surface area (TPSA) is 46.3 Å². The SMILES string of the molecule is NC(=S)C1(C(=O)N2CCCSCC2)CCC1. The molecular formula is C11H18N2OS2. The lowest BCUT2D eigenvalue weighted by molar-refractivity contribution is -0.141. The zero-order chi connectivity index (χ0) is 11.6. The van der Waals surface area contributed by atoms with Crippen molar-refractivity contribution in [2.45, 2.75) is 25.7 Å². The van der Waals surface area contributed by atoms with E-state index in [1.165, 1.54) is 0 Å². The Balaban J connectivity index is 2.07. The maximum absolute atomic E-state index is 12.4. The Labute approximate surface area is 106 Å². The molecule has 0 unspecified atom stereocenters. The second-order valence-corrected chi connectivity index (χ2v) is 6.22. The second-order valence-electron chi connectivity index (χ2n) is 4.56. The van der Waals surface area contributed by atoms with E-state index in [0.717, 1.165) is 50.3 Å². The predicted molar refractivity (Wildman–Crippen MR) is 71.6 cm³/mol. The standard InChI is InChI=1S/C11H18N2OS2/c12-9(15)11(3-1-4-11)10(14)13-5-2-7-16-8-6-13/h1-8H2,(H2,12,15). The highest BCUT2D eigenvalue weighted by Gasteiger charge is 2.48. The number of nitrogens with zero attached hydrogens (tertiary/aromatic N) is 1. The van der Waals surface area contributed by atoms with Gasteiger partial charge in [-0.3, -0.25) is 4.79 Å². The lowest BCUT2D eigenvalue weighted by atomic mass is 9.67. The monoisotopic (exact) mass is 258 g/mol. The molecule has 1 aliphatic carbocycles. The number of carbonyl (C=O) groups excluding carboxylic acids is 1. The molecule has 2 rings (SSSR count). The molecule has 0 aromatic rings. The van der Waals surface area contributed by atoms with Crippen LogP contribution in [-0.2, 0) is 4.79 Å². The van der Waals surface area contributed by atoms with Gasteiger partial charge >= 0.3 is 0 Å². The van der Waals surface area contributed by atoms with Gasteiger partial charge in [-0.25, -0.2) is 0 Å². The Morgan fingerprint density at radius 2 is 2.00 bits per heavy atom. The van der Waals surface area contributed by atoms with Crippen molar-refractivity contribution < 1.29 is 4.79 Å². The maximum Gasteiger partial charge on any atom is 0.235 e. The van der Waals surface area contributed by atoms with E-state index < -0.39 is 5.41 Å². The summed E-state index contributed by atoms with van der Waals surface area (Å²) in [5, 5.41) is 0. The first-order valence-corrected chi connectivity index (χ1v) is 7.40. The van der Waals surface area contributed by atoms with Crippen LogP contribution in [0.5, 0.6) is 0 Å². The molecule has 2 aliphatic rings. The molecule has 1 saturated carbocycles. The van der Waals surface area contributed by atoms with Gasteiger partial charge < -0.3 is 10.6 Å². The first kappa shape index (κ1) is 12.2. The van der Waals surface area contributed by atoms with Gasteiger partial charge in [0.25, 0.3) is 0 Å². The van der Waals surface area contributed by atoms with Crippen LogP contribution in [0.2, 0.25) is 0 Å². The number of rotatable bonds is 2. The molecule has 0 bridgehead atoms. The van der Waals surface area contributed by atoms with E-state index >= 15 is 0 Å². The normalized spacial score (nSPS) is 24.4. The highest BCUT2D eigenvalue weighted by Crippen LogP contribution is 2.43. The number of carbonyl (C=O) groups is 1. The third kappa shape index (κ3) is 2.07. The molecule has 1 heterocycles. The van der Waals surface area contributed by atoms with Gasteiger partial charge in [-0.05, 0) is 25.0 Å². The van der Waals surface area contributed by atoms with Gasteiger partial charge in [0.15, 0.2) is 0 Å². The van der Waals surface area contributed by atoms with Crippen molar-refractivity contribution in [2.24, 2.45) is 11.1 Å². The number of hydrogen-bond donors (Lipinski definition) is 1. The largest absolute Gasteiger partial charge is 0.392 e. The van der Waals surface area contributed by atoms with Crippen molar-refractivity contribution in [3.05, 3.63) is 0 Å². The molecule has 16 heavy (non-hydrogen) atoms. The minimum absolute atomic E-state index is 0.189. The highest BCUT2D eigenvalue weighted by atomic mass is 32.2. The average Bonchev–Trinajstić information content (AvgIpc) is 2.42. The van der Waals surface area contributed by atoms with Crippen LogP contribution in [0.3, 0.4) is 0 Å². The third-order valence-corrected chi connectivity index (χ3v) is 5.04. The number of nitrogens with two attached hydrogens (primary N) is 1. The summed E-state index contributed by atoms with van der Waals surface area (Å²) in [6.45, 7) is 1.73. The van der Waals surface area contributed by atoms with Crippen molar-refractivity contribution in [3.8, 4) is 0 Å². The summed E-state index contributed by atoms with van der Waals surface area (Å²) in [5.74, 6) is 2.39. The van der Waals surface area contributed by atoms with Crippen molar-refractivity contribution in [1.29, 1.82) is 0 Å². The van der Waals surface area contributed by atoms with E-state index in [-0.39, 0.29) is 5.91 Å². The van der Waals surface area contributed by atoms with Crippen molar-refractivity contribution in [3.63, 3.8) is 0 Å². The molecule has 1 amide bonds. The fourth-order valence-electron chi connectivity index (χ4n) is 2.35. The summed E-state index contributed by atoms with van der Waals surface area (Å²) in [6, 6.07) is 0. The van der Waals surface area contributed by atoms with Crippen molar-refractivity contribution >= 4 is 34.9 Å². The van der Waals surface area contributed by atoms with Crippen LogP contribution in [0.15, 0.2) is 0 Å². The molecule has 5 heteroatoms. The van der Waals surface area contributed by atoms with E-state index in [0.29, 0.717) is 4.99 Å². The lowest BCUT2D eigenvalue weighted by Crippen LogP contribution is -2.54. The van der Waals surface area contributed by atoms with Gasteiger partial charge in [0, 0.05) is 18.8 Å². The van der Waals surface area contributed by atoms with Gasteiger partial charge in [-0.1, -0.05) is 18.6 Å². The van der Waals surface area contributed by atoms with E-state index in [2.05, 4.69) is 0 Å². The Bertz CT molecular complexity index is 294. The second kappa shape index (κ2) is 4.92. The summed E-state index contributed by atoms with van der Waals surface area (Å²) in [6.07, 6.45) is 3.87. The first-order chi connectivity index (χ1) is 7.67. The summed E-state index contributed by atoms with van der Waals surface area (Å²) in [5.41, 5.74) is 5.28. The molecule has 90 valence electrons. The maximum atomic E-state index is 12.4. The third-order valence-electron chi connectivity index (χ3n) is 3.60. The fraction of sp³-hybridized carbons (Fsp3) is 0.818. The molecule has 2 fully saturated rings. The van der Waals surface area contributed by atoms with Gasteiger partial charge in [-0.15, -0.1) is 0 Å². The first-order valence-electron chi connectivity index (χ1n) is 5.84. The predicted octanol–water partition coefficient (Wildman–Crippen LogP) is 1.41. The quantitative estimate of drug-likeness (QED) is 0.761. The van der Waals surface area contributed by atoms with E-state index in [1.54, 1.807) is 0 Å². The Morgan fingerprint density at radius 3 is 2.56 bits per heavy atom. The molecular weight excluding hydrogens is 240 g/mol. The summed E-state index contributed by atoms with van der Waals surface area (Å²) >= 11 is 7.01.